The van der Waals surface area contributed by atoms with Gasteiger partial charge in [0, 0.05) is 10.5 Å². The van der Waals surface area contributed by atoms with Gasteiger partial charge in [-0.05, 0) is 36.8 Å². The molecule has 0 spiro atoms. The molecule has 110 valence electrons. The Morgan fingerprint density at radius 2 is 2.00 bits per heavy atom. The molecule has 0 saturated carbocycles. The van der Waals surface area contributed by atoms with Crippen LogP contribution in [0.25, 0.3) is 0 Å². The molecule has 0 aliphatic carbocycles. The van der Waals surface area contributed by atoms with E-state index in [-0.39, 0.29) is 18.5 Å². The number of hydrogen-bond donors (Lipinski definition) is 2. The van der Waals surface area contributed by atoms with Crippen molar-refractivity contribution in [2.45, 2.75) is 13.0 Å². The quantitative estimate of drug-likeness (QED) is 0.823. The van der Waals surface area contributed by atoms with Crippen molar-refractivity contribution >= 4 is 39.1 Å². The number of hydrogen-bond acceptors (Lipinski definition) is 2. The van der Waals surface area contributed by atoms with Crippen molar-refractivity contribution in [3.8, 4) is 0 Å². The zero-order valence-corrected chi connectivity index (χ0v) is 13.9. The van der Waals surface area contributed by atoms with Crippen LogP contribution in [0.2, 0.25) is 5.02 Å². The Morgan fingerprint density at radius 1 is 1.24 bits per heavy atom. The first-order valence-electron chi connectivity index (χ1n) is 6.59. The summed E-state index contributed by atoms with van der Waals surface area (Å²) >= 11 is 9.44. The minimum atomic E-state index is -0.120. The molecule has 2 aromatic carbocycles. The van der Waals surface area contributed by atoms with Gasteiger partial charge in [0.25, 0.3) is 0 Å². The van der Waals surface area contributed by atoms with Crippen molar-refractivity contribution in [3.63, 3.8) is 0 Å². The molecule has 1 unspecified atom stereocenters. The van der Waals surface area contributed by atoms with Crippen LogP contribution in [-0.2, 0) is 4.79 Å². The molecular weight excluding hydrogens is 352 g/mol. The van der Waals surface area contributed by atoms with E-state index >= 15 is 0 Å². The van der Waals surface area contributed by atoms with Crippen molar-refractivity contribution in [2.75, 3.05) is 11.9 Å². The van der Waals surface area contributed by atoms with E-state index in [2.05, 4.69) is 26.6 Å². The van der Waals surface area contributed by atoms with Crippen LogP contribution in [-0.4, -0.2) is 12.5 Å². The number of anilines is 1. The molecule has 1 atom stereocenters. The van der Waals surface area contributed by atoms with Crippen LogP contribution in [0.3, 0.4) is 0 Å². The predicted molar refractivity (Wildman–Crippen MR) is 90.6 cm³/mol. The number of amides is 1. The smallest absolute Gasteiger partial charge is 0.238 e. The van der Waals surface area contributed by atoms with E-state index in [1.165, 1.54) is 0 Å². The van der Waals surface area contributed by atoms with E-state index in [4.69, 9.17) is 11.6 Å². The van der Waals surface area contributed by atoms with Crippen LogP contribution in [0, 0.1) is 0 Å². The summed E-state index contributed by atoms with van der Waals surface area (Å²) in [6, 6.07) is 15.3. The second kappa shape index (κ2) is 7.59. The first-order valence-corrected chi connectivity index (χ1v) is 7.76. The lowest BCUT2D eigenvalue weighted by atomic mass is 10.1. The second-order valence-corrected chi connectivity index (χ2v) is 6.01. The molecule has 0 heterocycles. The van der Waals surface area contributed by atoms with E-state index < -0.39 is 0 Å². The first kappa shape index (κ1) is 16.0. The maximum absolute atomic E-state index is 11.9. The number of nitrogens with one attached hydrogen (secondary N) is 2. The largest absolute Gasteiger partial charge is 0.324 e. The Bertz CT molecular complexity index is 633. The maximum Gasteiger partial charge on any atom is 0.238 e. The summed E-state index contributed by atoms with van der Waals surface area (Å²) in [5, 5.41) is 6.51. The van der Waals surface area contributed by atoms with Gasteiger partial charge in [0.2, 0.25) is 5.91 Å². The normalized spacial score (nSPS) is 12.0. The molecule has 5 heteroatoms. The summed E-state index contributed by atoms with van der Waals surface area (Å²) in [5.74, 6) is -0.120. The number of rotatable bonds is 5. The molecule has 0 saturated heterocycles. The highest BCUT2D eigenvalue weighted by Crippen LogP contribution is 2.20. The molecule has 2 aromatic rings. The minimum Gasteiger partial charge on any atom is -0.324 e. The third-order valence-corrected chi connectivity index (χ3v) is 3.89. The van der Waals surface area contributed by atoms with Crippen LogP contribution >= 0.6 is 27.5 Å². The lowest BCUT2D eigenvalue weighted by molar-refractivity contribution is -0.115. The molecule has 0 aliphatic rings. The van der Waals surface area contributed by atoms with Crippen LogP contribution < -0.4 is 10.6 Å². The Balaban J connectivity index is 1.88. The molecule has 0 aliphatic heterocycles. The van der Waals surface area contributed by atoms with E-state index in [9.17, 15) is 4.79 Å². The zero-order chi connectivity index (χ0) is 15.2. The maximum atomic E-state index is 11.9. The van der Waals surface area contributed by atoms with Crippen LogP contribution in [0.4, 0.5) is 5.69 Å². The van der Waals surface area contributed by atoms with Crippen molar-refractivity contribution in [3.05, 3.63) is 63.6 Å². The molecule has 0 fully saturated rings. The average molecular weight is 368 g/mol. The van der Waals surface area contributed by atoms with Gasteiger partial charge in [-0.15, -0.1) is 0 Å². The molecule has 0 aromatic heterocycles. The molecule has 21 heavy (non-hydrogen) atoms. The zero-order valence-electron chi connectivity index (χ0n) is 11.6. The predicted octanol–water partition coefficient (Wildman–Crippen LogP) is 4.39. The Kier molecular flexibility index (Phi) is 5.79. The summed E-state index contributed by atoms with van der Waals surface area (Å²) in [4.78, 5) is 11.9. The van der Waals surface area contributed by atoms with Crippen molar-refractivity contribution in [1.82, 2.24) is 5.32 Å². The van der Waals surface area contributed by atoms with Gasteiger partial charge < -0.3 is 10.6 Å². The summed E-state index contributed by atoms with van der Waals surface area (Å²) in [5.41, 5.74) is 1.75. The molecule has 1 amide bonds. The summed E-state index contributed by atoms with van der Waals surface area (Å²) < 4.78 is 1.02. The van der Waals surface area contributed by atoms with E-state index in [0.29, 0.717) is 10.7 Å². The van der Waals surface area contributed by atoms with E-state index in [1.807, 2.05) is 43.3 Å². The highest BCUT2D eigenvalue weighted by molar-refractivity contribution is 9.10. The van der Waals surface area contributed by atoms with Crippen LogP contribution in [0.1, 0.15) is 18.5 Å². The third kappa shape index (κ3) is 4.84. The standard InChI is InChI=1S/C16H16BrClN2O/c1-11(12-5-4-6-13(17)9-12)19-10-16(21)20-15-8-3-2-7-14(15)18/h2-9,11,19H,10H2,1H3,(H,20,21). The average Bonchev–Trinajstić information content (AvgIpc) is 2.47. The number of carbonyl (C=O) groups excluding carboxylic acids is 1. The van der Waals surface area contributed by atoms with Gasteiger partial charge in [-0.3, -0.25) is 4.79 Å². The molecule has 2 rings (SSSR count). The van der Waals surface area contributed by atoms with Gasteiger partial charge in [0.05, 0.1) is 17.3 Å². The van der Waals surface area contributed by atoms with Gasteiger partial charge in [0.1, 0.15) is 0 Å². The van der Waals surface area contributed by atoms with Gasteiger partial charge in [-0.25, -0.2) is 0 Å². The fourth-order valence-corrected chi connectivity index (χ4v) is 2.50. The fraction of sp³-hybridized carbons (Fsp3) is 0.188. The number of halogens is 2. The van der Waals surface area contributed by atoms with Gasteiger partial charge in [-0.2, -0.15) is 0 Å². The topological polar surface area (TPSA) is 41.1 Å². The SMILES string of the molecule is CC(NCC(=O)Nc1ccccc1Cl)c1cccc(Br)c1. The summed E-state index contributed by atoms with van der Waals surface area (Å²) in [6.07, 6.45) is 0. The molecular formula is C16H16BrClN2O. The third-order valence-electron chi connectivity index (χ3n) is 3.07. The fourth-order valence-electron chi connectivity index (χ4n) is 1.90. The minimum absolute atomic E-state index is 0.0829. The van der Waals surface area contributed by atoms with Crippen LogP contribution in [0.15, 0.2) is 53.0 Å². The summed E-state index contributed by atoms with van der Waals surface area (Å²) in [7, 11) is 0. The molecule has 2 N–H and O–H groups in total. The number of para-hydroxylation sites is 1. The summed E-state index contributed by atoms with van der Waals surface area (Å²) in [6.45, 7) is 2.24. The first-order chi connectivity index (χ1) is 10.1. The molecule has 3 nitrogen and oxygen atoms in total. The van der Waals surface area contributed by atoms with Crippen LogP contribution in [0.5, 0.6) is 0 Å². The van der Waals surface area contributed by atoms with Gasteiger partial charge in [0.15, 0.2) is 0 Å². The van der Waals surface area contributed by atoms with E-state index in [0.717, 1.165) is 10.0 Å². The lowest BCUT2D eigenvalue weighted by Gasteiger charge is -2.14. The van der Waals surface area contributed by atoms with Crippen molar-refractivity contribution in [2.24, 2.45) is 0 Å². The van der Waals surface area contributed by atoms with E-state index in [1.54, 1.807) is 12.1 Å². The van der Waals surface area contributed by atoms with Gasteiger partial charge in [-0.1, -0.05) is 51.8 Å². The van der Waals surface area contributed by atoms with Gasteiger partial charge >= 0.3 is 0 Å². The second-order valence-electron chi connectivity index (χ2n) is 4.69. The monoisotopic (exact) mass is 366 g/mol. The Labute approximate surface area is 137 Å². The molecule has 0 bridgehead atoms. The van der Waals surface area contributed by atoms with Crippen molar-refractivity contribution < 1.29 is 4.79 Å². The Morgan fingerprint density at radius 3 is 2.71 bits per heavy atom. The number of benzene rings is 2. The number of carbonyl (C=O) groups is 1. The lowest BCUT2D eigenvalue weighted by Crippen LogP contribution is -2.30. The Hall–Kier alpha value is -1.36. The van der Waals surface area contributed by atoms with Crippen molar-refractivity contribution in [1.29, 1.82) is 0 Å². The highest BCUT2D eigenvalue weighted by Gasteiger charge is 2.09. The molecule has 0 radical (unpaired) electrons. The highest BCUT2D eigenvalue weighted by atomic mass is 79.9.